The molecule has 0 bridgehead atoms. The molecule has 24 heavy (non-hydrogen) atoms. The number of nitrogens with zero attached hydrogens (tertiary/aromatic N) is 1. The maximum absolute atomic E-state index is 12.5. The largest absolute Gasteiger partial charge is 0.507 e. The van der Waals surface area contributed by atoms with E-state index in [1.165, 1.54) is 17.0 Å². The predicted molar refractivity (Wildman–Crippen MR) is 95.8 cm³/mol. The van der Waals surface area contributed by atoms with E-state index in [1.807, 2.05) is 31.2 Å². The Morgan fingerprint density at radius 2 is 2.00 bits per heavy atom. The number of phenolic OH excluding ortho intramolecular Hbond substituents is 1. The number of halogens is 1. The first-order valence-corrected chi connectivity index (χ1v) is 8.43. The summed E-state index contributed by atoms with van der Waals surface area (Å²) in [5.74, 6) is -0.365. The van der Waals surface area contributed by atoms with Crippen LogP contribution in [0.5, 0.6) is 5.75 Å². The Kier molecular flexibility index (Phi) is 4.64. The summed E-state index contributed by atoms with van der Waals surface area (Å²) in [6.45, 7) is 2.18. The Morgan fingerprint density at radius 3 is 2.75 bits per heavy atom. The minimum absolute atomic E-state index is 0.00452. The normalized spacial score (nSPS) is 16.2. The first-order chi connectivity index (χ1) is 11.4. The number of hydrogen-bond acceptors (Lipinski definition) is 4. The molecule has 0 spiro atoms. The number of carbonyl (C=O) groups is 2. The van der Waals surface area contributed by atoms with Crippen molar-refractivity contribution in [3.63, 3.8) is 0 Å². The van der Waals surface area contributed by atoms with Gasteiger partial charge in [-0.05, 0) is 48.5 Å². The van der Waals surface area contributed by atoms with Crippen LogP contribution in [-0.2, 0) is 11.3 Å². The lowest BCUT2D eigenvalue weighted by Gasteiger charge is -2.12. The van der Waals surface area contributed by atoms with Crippen LogP contribution in [0.1, 0.15) is 16.7 Å². The van der Waals surface area contributed by atoms with Crippen molar-refractivity contribution in [1.82, 2.24) is 4.90 Å². The molecule has 2 aromatic rings. The van der Waals surface area contributed by atoms with E-state index in [4.69, 9.17) is 11.6 Å². The average Bonchev–Trinajstić information content (AvgIpc) is 2.79. The van der Waals surface area contributed by atoms with Crippen molar-refractivity contribution >= 4 is 40.6 Å². The molecular weight excluding hydrogens is 346 g/mol. The zero-order valence-corrected chi connectivity index (χ0v) is 14.4. The highest BCUT2D eigenvalue weighted by atomic mass is 35.5. The molecular formula is C18H14ClNO3S. The molecule has 2 aromatic carbocycles. The summed E-state index contributed by atoms with van der Waals surface area (Å²) in [4.78, 5) is 26.1. The van der Waals surface area contributed by atoms with Crippen molar-refractivity contribution in [2.45, 2.75) is 13.5 Å². The lowest BCUT2D eigenvalue weighted by Crippen LogP contribution is -2.27. The third kappa shape index (κ3) is 3.47. The second-order valence-electron chi connectivity index (χ2n) is 5.46. The highest BCUT2D eigenvalue weighted by molar-refractivity contribution is 8.18. The molecule has 1 heterocycles. The lowest BCUT2D eigenvalue weighted by atomic mass is 10.1. The summed E-state index contributed by atoms with van der Waals surface area (Å²) >= 11 is 6.77. The summed E-state index contributed by atoms with van der Waals surface area (Å²) in [7, 11) is 0. The molecule has 1 aliphatic heterocycles. The van der Waals surface area contributed by atoms with E-state index in [-0.39, 0.29) is 28.3 Å². The molecule has 122 valence electrons. The Bertz CT molecular complexity index is 863. The number of carbonyl (C=O) groups excluding carboxylic acids is 2. The van der Waals surface area contributed by atoms with Crippen molar-refractivity contribution in [1.29, 1.82) is 0 Å². The molecule has 1 aliphatic rings. The van der Waals surface area contributed by atoms with Gasteiger partial charge in [0.15, 0.2) is 0 Å². The van der Waals surface area contributed by atoms with Crippen LogP contribution in [0.4, 0.5) is 4.79 Å². The van der Waals surface area contributed by atoms with Gasteiger partial charge in [-0.1, -0.05) is 41.4 Å². The molecule has 1 saturated heterocycles. The minimum Gasteiger partial charge on any atom is -0.507 e. The molecule has 0 radical (unpaired) electrons. The molecule has 0 atom stereocenters. The molecule has 2 amide bonds. The zero-order valence-electron chi connectivity index (χ0n) is 12.8. The van der Waals surface area contributed by atoms with E-state index in [0.29, 0.717) is 10.6 Å². The monoisotopic (exact) mass is 359 g/mol. The highest BCUT2D eigenvalue weighted by Gasteiger charge is 2.35. The van der Waals surface area contributed by atoms with Gasteiger partial charge in [0, 0.05) is 10.6 Å². The van der Waals surface area contributed by atoms with Crippen molar-refractivity contribution < 1.29 is 14.7 Å². The minimum atomic E-state index is -0.370. The maximum Gasteiger partial charge on any atom is 0.293 e. The Hall–Kier alpha value is -2.24. The molecule has 0 saturated carbocycles. The number of aromatic hydroxyl groups is 1. The van der Waals surface area contributed by atoms with Crippen molar-refractivity contribution in [3.8, 4) is 5.75 Å². The average molecular weight is 360 g/mol. The Morgan fingerprint density at radius 1 is 1.21 bits per heavy atom. The fourth-order valence-electron chi connectivity index (χ4n) is 2.41. The van der Waals surface area contributed by atoms with Gasteiger partial charge in [0.05, 0.1) is 11.4 Å². The van der Waals surface area contributed by atoms with E-state index < -0.39 is 0 Å². The van der Waals surface area contributed by atoms with Gasteiger partial charge in [0.1, 0.15) is 5.75 Å². The van der Waals surface area contributed by atoms with Crippen molar-refractivity contribution in [2.75, 3.05) is 0 Å². The quantitative estimate of drug-likeness (QED) is 0.814. The van der Waals surface area contributed by atoms with Crippen LogP contribution < -0.4 is 0 Å². The van der Waals surface area contributed by atoms with E-state index in [1.54, 1.807) is 12.1 Å². The molecule has 6 heteroatoms. The van der Waals surface area contributed by atoms with Crippen LogP contribution in [0.25, 0.3) is 6.08 Å². The van der Waals surface area contributed by atoms with E-state index in [0.717, 1.165) is 22.9 Å². The van der Waals surface area contributed by atoms with E-state index in [2.05, 4.69) is 0 Å². The van der Waals surface area contributed by atoms with Crippen LogP contribution in [0.2, 0.25) is 5.02 Å². The number of hydrogen-bond donors (Lipinski definition) is 1. The highest BCUT2D eigenvalue weighted by Crippen LogP contribution is 2.35. The number of phenols is 1. The molecule has 1 N–H and O–H groups in total. The SMILES string of the molecule is Cc1cccc(CN2C(=O)S/C(=C\c3cc(Cl)ccc3O)C2=O)c1. The Balaban J connectivity index is 1.86. The number of amides is 2. The van der Waals surface area contributed by atoms with Gasteiger partial charge in [0.25, 0.3) is 11.1 Å². The molecule has 3 rings (SSSR count). The van der Waals surface area contributed by atoms with E-state index >= 15 is 0 Å². The molecule has 0 unspecified atom stereocenters. The number of benzene rings is 2. The first-order valence-electron chi connectivity index (χ1n) is 7.23. The third-order valence-corrected chi connectivity index (χ3v) is 4.72. The van der Waals surface area contributed by atoms with Crippen LogP contribution in [-0.4, -0.2) is 21.2 Å². The number of imide groups is 1. The third-order valence-electron chi connectivity index (χ3n) is 3.57. The van der Waals surface area contributed by atoms with Gasteiger partial charge < -0.3 is 5.11 Å². The van der Waals surface area contributed by atoms with Gasteiger partial charge >= 0.3 is 0 Å². The maximum atomic E-state index is 12.5. The molecule has 0 aromatic heterocycles. The molecule has 0 aliphatic carbocycles. The lowest BCUT2D eigenvalue weighted by molar-refractivity contribution is -0.123. The number of rotatable bonds is 3. The molecule has 4 nitrogen and oxygen atoms in total. The van der Waals surface area contributed by atoms with Crippen LogP contribution in [0.3, 0.4) is 0 Å². The Labute approximate surface area is 148 Å². The summed E-state index contributed by atoms with van der Waals surface area (Å²) in [6, 6.07) is 12.2. The summed E-state index contributed by atoms with van der Waals surface area (Å²) in [5, 5.41) is 9.97. The smallest absolute Gasteiger partial charge is 0.293 e. The zero-order chi connectivity index (χ0) is 17.3. The van der Waals surface area contributed by atoms with Gasteiger partial charge in [-0.3, -0.25) is 14.5 Å². The summed E-state index contributed by atoms with van der Waals surface area (Å²) < 4.78 is 0. The van der Waals surface area contributed by atoms with Gasteiger partial charge in [-0.25, -0.2) is 0 Å². The predicted octanol–water partition coefficient (Wildman–Crippen LogP) is 4.59. The number of aryl methyl sites for hydroxylation is 1. The van der Waals surface area contributed by atoms with Crippen LogP contribution in [0, 0.1) is 6.92 Å². The van der Waals surface area contributed by atoms with Crippen molar-refractivity contribution in [3.05, 3.63) is 69.1 Å². The van der Waals surface area contributed by atoms with Crippen LogP contribution >= 0.6 is 23.4 Å². The fourth-order valence-corrected chi connectivity index (χ4v) is 3.42. The first kappa shape index (κ1) is 16.6. The fraction of sp³-hybridized carbons (Fsp3) is 0.111. The van der Waals surface area contributed by atoms with Gasteiger partial charge in [-0.15, -0.1) is 0 Å². The van der Waals surface area contributed by atoms with Crippen LogP contribution in [0.15, 0.2) is 47.4 Å². The topological polar surface area (TPSA) is 57.6 Å². The second-order valence-corrected chi connectivity index (χ2v) is 6.89. The van der Waals surface area contributed by atoms with Gasteiger partial charge in [0.2, 0.25) is 0 Å². The number of thioether (sulfide) groups is 1. The van der Waals surface area contributed by atoms with Gasteiger partial charge in [-0.2, -0.15) is 0 Å². The molecule has 1 fully saturated rings. The standard InChI is InChI=1S/C18H14ClNO3S/c1-11-3-2-4-12(7-11)10-20-17(22)16(24-18(20)23)9-13-8-14(19)5-6-15(13)21/h2-9,21H,10H2,1H3/b16-9-. The van der Waals surface area contributed by atoms with E-state index in [9.17, 15) is 14.7 Å². The summed E-state index contributed by atoms with van der Waals surface area (Å²) in [5.41, 5.74) is 2.37. The summed E-state index contributed by atoms with van der Waals surface area (Å²) in [6.07, 6.45) is 1.49. The van der Waals surface area contributed by atoms with Crippen molar-refractivity contribution in [2.24, 2.45) is 0 Å². The second kappa shape index (κ2) is 6.71.